The molecule has 1 aliphatic heterocycles. The monoisotopic (exact) mass is 370 g/mol. The molecule has 2 aromatic rings. The molecule has 2 aromatic carbocycles. The molecule has 0 bridgehead atoms. The number of piperidine rings is 1. The zero-order chi connectivity index (χ0) is 18.5. The van der Waals surface area contributed by atoms with Crippen LogP contribution in [0.3, 0.4) is 0 Å². The molecule has 1 amide bonds. The molecule has 0 aliphatic carbocycles. The smallest absolute Gasteiger partial charge is 0.227 e. The van der Waals surface area contributed by atoms with Gasteiger partial charge < -0.3 is 5.32 Å². The van der Waals surface area contributed by atoms with Gasteiger partial charge in [0.1, 0.15) is 0 Å². The Hall–Kier alpha value is -2.17. The summed E-state index contributed by atoms with van der Waals surface area (Å²) in [5.41, 5.74) is 2.49. The van der Waals surface area contributed by atoms with Gasteiger partial charge in [-0.25, -0.2) is 0 Å². The van der Waals surface area contributed by atoms with Gasteiger partial charge in [0.15, 0.2) is 5.78 Å². The van der Waals surface area contributed by atoms with E-state index in [1.54, 1.807) is 18.2 Å². The molecule has 1 saturated heterocycles. The fraction of sp³-hybridized carbons (Fsp3) is 0.333. The van der Waals surface area contributed by atoms with Crippen molar-refractivity contribution in [3.63, 3.8) is 0 Å². The first-order chi connectivity index (χ1) is 12.5. The zero-order valence-corrected chi connectivity index (χ0v) is 15.6. The molecule has 0 radical (unpaired) electrons. The van der Waals surface area contributed by atoms with Crippen LogP contribution >= 0.6 is 11.6 Å². The summed E-state index contributed by atoms with van der Waals surface area (Å²) < 4.78 is 0. The van der Waals surface area contributed by atoms with Crippen LogP contribution in [0.15, 0.2) is 48.5 Å². The number of benzene rings is 2. The lowest BCUT2D eigenvalue weighted by atomic mass is 9.95. The number of ketones is 1. The van der Waals surface area contributed by atoms with E-state index in [1.165, 1.54) is 12.5 Å². The molecule has 0 atom stereocenters. The van der Waals surface area contributed by atoms with Crippen molar-refractivity contribution in [1.82, 2.24) is 4.90 Å². The Balaban J connectivity index is 1.52. The predicted molar refractivity (Wildman–Crippen MR) is 105 cm³/mol. The fourth-order valence-corrected chi connectivity index (χ4v) is 3.52. The second kappa shape index (κ2) is 8.47. The van der Waals surface area contributed by atoms with Gasteiger partial charge in [-0.15, -0.1) is 0 Å². The van der Waals surface area contributed by atoms with Gasteiger partial charge in [0.05, 0.1) is 0 Å². The van der Waals surface area contributed by atoms with Crippen molar-refractivity contribution in [2.24, 2.45) is 5.92 Å². The van der Waals surface area contributed by atoms with Crippen molar-refractivity contribution in [1.29, 1.82) is 0 Å². The Labute approximate surface area is 159 Å². The van der Waals surface area contributed by atoms with Crippen LogP contribution in [0.2, 0.25) is 5.02 Å². The Morgan fingerprint density at radius 2 is 1.85 bits per heavy atom. The van der Waals surface area contributed by atoms with Gasteiger partial charge in [0, 0.05) is 28.7 Å². The minimum atomic E-state index is -0.00424. The SMILES string of the molecule is CC(=O)c1cccc(NC(=O)C2CCN(Cc3cccc(Cl)c3)CC2)c1. The van der Waals surface area contributed by atoms with Crippen molar-refractivity contribution in [3.8, 4) is 0 Å². The van der Waals surface area contributed by atoms with Gasteiger partial charge in [-0.2, -0.15) is 0 Å². The summed E-state index contributed by atoms with van der Waals surface area (Å²) in [6.45, 7) is 4.16. The first-order valence-electron chi connectivity index (χ1n) is 8.90. The normalized spacial score (nSPS) is 15.6. The number of hydrogen-bond donors (Lipinski definition) is 1. The molecule has 1 heterocycles. The highest BCUT2D eigenvalue weighted by atomic mass is 35.5. The molecule has 1 fully saturated rings. The van der Waals surface area contributed by atoms with Crippen LogP contribution in [0.1, 0.15) is 35.7 Å². The maximum absolute atomic E-state index is 12.5. The van der Waals surface area contributed by atoms with E-state index >= 15 is 0 Å². The largest absolute Gasteiger partial charge is 0.326 e. The highest BCUT2D eigenvalue weighted by molar-refractivity contribution is 6.30. The van der Waals surface area contributed by atoms with E-state index in [9.17, 15) is 9.59 Å². The lowest BCUT2D eigenvalue weighted by Crippen LogP contribution is -2.37. The van der Waals surface area contributed by atoms with Crippen LogP contribution < -0.4 is 5.32 Å². The van der Waals surface area contributed by atoms with E-state index in [0.29, 0.717) is 11.3 Å². The highest BCUT2D eigenvalue weighted by Crippen LogP contribution is 2.22. The van der Waals surface area contributed by atoms with Gasteiger partial charge >= 0.3 is 0 Å². The maximum Gasteiger partial charge on any atom is 0.227 e. The van der Waals surface area contributed by atoms with Crippen LogP contribution in [0.25, 0.3) is 0 Å². The van der Waals surface area contributed by atoms with Crippen LogP contribution in [-0.2, 0) is 11.3 Å². The van der Waals surface area contributed by atoms with E-state index in [1.807, 2.05) is 24.3 Å². The van der Waals surface area contributed by atoms with Crippen LogP contribution in [0.5, 0.6) is 0 Å². The van der Waals surface area contributed by atoms with E-state index in [-0.39, 0.29) is 17.6 Å². The van der Waals surface area contributed by atoms with Crippen molar-refractivity contribution in [2.45, 2.75) is 26.3 Å². The average Bonchev–Trinajstić information content (AvgIpc) is 2.62. The van der Waals surface area contributed by atoms with Crippen molar-refractivity contribution < 1.29 is 9.59 Å². The molecule has 0 saturated carbocycles. The number of Topliss-reactive ketones (excluding diaryl/α,β-unsaturated/α-hetero) is 1. The summed E-state index contributed by atoms with van der Waals surface area (Å²) in [7, 11) is 0. The van der Waals surface area contributed by atoms with Gasteiger partial charge in [0.25, 0.3) is 0 Å². The third kappa shape index (κ3) is 4.93. The number of hydrogen-bond acceptors (Lipinski definition) is 3. The Morgan fingerprint density at radius 3 is 2.54 bits per heavy atom. The molecule has 0 unspecified atom stereocenters. The molecule has 3 rings (SSSR count). The summed E-state index contributed by atoms with van der Waals surface area (Å²) >= 11 is 6.04. The van der Waals surface area contributed by atoms with Crippen molar-refractivity contribution >= 4 is 29.0 Å². The highest BCUT2D eigenvalue weighted by Gasteiger charge is 2.25. The molecule has 1 N–H and O–H groups in total. The maximum atomic E-state index is 12.5. The fourth-order valence-electron chi connectivity index (χ4n) is 3.31. The molecule has 0 spiro atoms. The van der Waals surface area contributed by atoms with E-state index < -0.39 is 0 Å². The second-order valence-electron chi connectivity index (χ2n) is 6.81. The van der Waals surface area contributed by atoms with E-state index in [0.717, 1.165) is 37.5 Å². The number of likely N-dealkylation sites (tertiary alicyclic amines) is 1. The Morgan fingerprint density at radius 1 is 1.12 bits per heavy atom. The average molecular weight is 371 g/mol. The third-order valence-corrected chi connectivity index (χ3v) is 5.03. The minimum absolute atomic E-state index is 0.00424. The lowest BCUT2D eigenvalue weighted by Gasteiger charge is -2.31. The molecule has 136 valence electrons. The molecule has 26 heavy (non-hydrogen) atoms. The summed E-state index contributed by atoms with van der Waals surface area (Å²) in [6, 6.07) is 15.0. The molecule has 1 aliphatic rings. The number of halogens is 1. The summed E-state index contributed by atoms with van der Waals surface area (Å²) in [4.78, 5) is 26.3. The number of carbonyl (C=O) groups excluding carboxylic acids is 2. The number of amides is 1. The number of carbonyl (C=O) groups is 2. The first kappa shape index (κ1) is 18.6. The number of nitrogens with zero attached hydrogens (tertiary/aromatic N) is 1. The van der Waals surface area contributed by atoms with Gasteiger partial charge in [-0.05, 0) is 62.7 Å². The zero-order valence-electron chi connectivity index (χ0n) is 14.9. The van der Waals surface area contributed by atoms with Crippen LogP contribution in [-0.4, -0.2) is 29.7 Å². The number of nitrogens with one attached hydrogen (secondary N) is 1. The third-order valence-electron chi connectivity index (χ3n) is 4.79. The minimum Gasteiger partial charge on any atom is -0.326 e. The van der Waals surface area contributed by atoms with E-state index in [4.69, 9.17) is 11.6 Å². The topological polar surface area (TPSA) is 49.4 Å². The predicted octanol–water partition coefficient (Wildman–Crippen LogP) is 4.39. The number of rotatable bonds is 5. The molecular formula is C21H23ClN2O2. The van der Waals surface area contributed by atoms with Crippen LogP contribution in [0.4, 0.5) is 5.69 Å². The first-order valence-corrected chi connectivity index (χ1v) is 9.28. The number of anilines is 1. The summed E-state index contributed by atoms with van der Waals surface area (Å²) in [6.07, 6.45) is 1.66. The lowest BCUT2D eigenvalue weighted by molar-refractivity contribution is -0.121. The van der Waals surface area contributed by atoms with Gasteiger partial charge in [0.2, 0.25) is 5.91 Å². The quantitative estimate of drug-likeness (QED) is 0.794. The standard InChI is InChI=1S/C21H23ClN2O2/c1-15(25)18-5-3-7-20(13-18)23-21(26)17-8-10-24(11-9-17)14-16-4-2-6-19(22)12-16/h2-7,12-13,17H,8-11,14H2,1H3,(H,23,26). The van der Waals surface area contributed by atoms with Gasteiger partial charge in [-0.1, -0.05) is 35.9 Å². The van der Waals surface area contributed by atoms with E-state index in [2.05, 4.69) is 16.3 Å². The van der Waals surface area contributed by atoms with Gasteiger partial charge in [-0.3, -0.25) is 14.5 Å². The molecule has 0 aromatic heterocycles. The second-order valence-corrected chi connectivity index (χ2v) is 7.24. The molecular weight excluding hydrogens is 348 g/mol. The van der Waals surface area contributed by atoms with Crippen molar-refractivity contribution in [3.05, 3.63) is 64.7 Å². The Bertz CT molecular complexity index is 798. The summed E-state index contributed by atoms with van der Waals surface area (Å²) in [5, 5.41) is 3.71. The van der Waals surface area contributed by atoms with Crippen molar-refractivity contribution in [2.75, 3.05) is 18.4 Å². The molecule has 5 heteroatoms. The van der Waals surface area contributed by atoms with Crippen LogP contribution in [0, 0.1) is 5.92 Å². The molecule has 4 nitrogen and oxygen atoms in total. The summed E-state index contributed by atoms with van der Waals surface area (Å²) in [5.74, 6) is 0.0372. The Kier molecular flexibility index (Phi) is 6.07.